The lowest BCUT2D eigenvalue weighted by atomic mass is 9.98. The Hall–Kier alpha value is -6.72. The molecule has 5 nitrogen and oxygen atoms in total. The van der Waals surface area contributed by atoms with Gasteiger partial charge in [-0.1, -0.05) is 119 Å². The Kier molecular flexibility index (Phi) is 6.99. The molecule has 53 heavy (non-hydrogen) atoms. The van der Waals surface area contributed by atoms with Gasteiger partial charge < -0.3 is 0 Å². The van der Waals surface area contributed by atoms with Gasteiger partial charge >= 0.3 is 0 Å². The minimum atomic E-state index is 0.925. The number of aromatic nitrogens is 2. The predicted molar refractivity (Wildman–Crippen MR) is 218 cm³/mol. The Labute approximate surface area is 309 Å². The second-order valence-electron chi connectivity index (χ2n) is 14.4. The SMILES string of the molecule is Cc1cccc(C2=C3C=CC(=N3)C(c3cccc(C)c3)=c3ccc4n3Nn3c2ccc3C(c2cccc(C)c2)=C2C=CC(=N2)C=4c2cccc(C)c2)c1. The highest BCUT2D eigenvalue weighted by Gasteiger charge is 2.29. The van der Waals surface area contributed by atoms with Crippen molar-refractivity contribution in [1.29, 1.82) is 0 Å². The van der Waals surface area contributed by atoms with Gasteiger partial charge in [-0.05, 0) is 98.5 Å². The standard InChI is InChI=1S/C48H37N5/c1-29-9-5-13-33(25-29)45-37-17-18-38(49-37)46(34-14-6-10-30(2)26-34)43-23-24-44-48(36-16-8-12-32(4)28-36)40-20-19-39(50-40)47(35-15-7-11-31(3)27-35)42-22-21-41(45)52(42)51-53(43)44/h5-28,51H,1-4H3. The summed E-state index contributed by atoms with van der Waals surface area (Å²) < 4.78 is 4.51. The first-order valence-corrected chi connectivity index (χ1v) is 18.2. The fourth-order valence-corrected chi connectivity index (χ4v) is 8.16. The van der Waals surface area contributed by atoms with E-state index in [2.05, 4.69) is 188 Å². The molecule has 0 unspecified atom stereocenters. The molecule has 5 heteroatoms. The number of fused-ring (bicyclic) bond motifs is 2. The molecule has 0 saturated heterocycles. The molecule has 0 amide bonds. The average Bonchev–Trinajstić information content (AvgIpc) is 3.96. The fraction of sp³-hybridized carbons (Fsp3) is 0.0833. The van der Waals surface area contributed by atoms with Crippen molar-refractivity contribution in [1.82, 2.24) is 9.35 Å². The quantitative estimate of drug-likeness (QED) is 0.199. The van der Waals surface area contributed by atoms with Crippen molar-refractivity contribution in [3.63, 3.8) is 0 Å². The van der Waals surface area contributed by atoms with Crippen LogP contribution in [0.5, 0.6) is 0 Å². The van der Waals surface area contributed by atoms with Crippen molar-refractivity contribution in [3.05, 3.63) is 224 Å². The molecule has 6 heterocycles. The van der Waals surface area contributed by atoms with Crippen LogP contribution in [0.1, 0.15) is 55.9 Å². The van der Waals surface area contributed by atoms with Crippen molar-refractivity contribution >= 4 is 33.7 Å². The first-order valence-electron chi connectivity index (χ1n) is 18.2. The molecular formula is C48H37N5. The van der Waals surface area contributed by atoms with Gasteiger partial charge in [0.1, 0.15) is 0 Å². The molecule has 2 aromatic heterocycles. The van der Waals surface area contributed by atoms with Crippen molar-refractivity contribution in [2.45, 2.75) is 27.7 Å². The molecule has 4 aliphatic rings. The summed E-state index contributed by atoms with van der Waals surface area (Å²) in [6.45, 7) is 8.59. The van der Waals surface area contributed by atoms with Crippen LogP contribution in [-0.2, 0) is 0 Å². The zero-order valence-corrected chi connectivity index (χ0v) is 30.1. The van der Waals surface area contributed by atoms with Gasteiger partial charge in [-0.25, -0.2) is 24.9 Å². The zero-order chi connectivity index (χ0) is 35.8. The number of aryl methyl sites for hydroxylation is 4. The van der Waals surface area contributed by atoms with Crippen molar-refractivity contribution in [3.8, 4) is 0 Å². The molecule has 0 atom stereocenters. The van der Waals surface area contributed by atoms with Crippen molar-refractivity contribution in [2.75, 3.05) is 5.53 Å². The molecule has 0 fully saturated rings. The number of aliphatic imine (C=N–C) groups is 2. The van der Waals surface area contributed by atoms with Gasteiger partial charge in [0.05, 0.1) is 44.9 Å². The molecule has 0 aliphatic carbocycles. The third-order valence-electron chi connectivity index (χ3n) is 10.5. The van der Waals surface area contributed by atoms with Crippen LogP contribution in [0.2, 0.25) is 0 Å². The average molecular weight is 684 g/mol. The second kappa shape index (κ2) is 11.9. The van der Waals surface area contributed by atoms with Crippen LogP contribution in [-0.4, -0.2) is 20.8 Å². The molecule has 254 valence electrons. The molecule has 1 N–H and O–H groups in total. The lowest BCUT2D eigenvalue weighted by Crippen LogP contribution is -2.42. The number of hydrogen-bond donors (Lipinski definition) is 1. The van der Waals surface area contributed by atoms with E-state index < -0.39 is 0 Å². The summed E-state index contributed by atoms with van der Waals surface area (Å²) >= 11 is 0. The normalized spacial score (nSPS) is 15.5. The van der Waals surface area contributed by atoms with Crippen LogP contribution in [0.15, 0.2) is 167 Å². The number of nitrogens with one attached hydrogen (secondary N) is 1. The molecular weight excluding hydrogens is 647 g/mol. The third kappa shape index (κ3) is 5.07. The second-order valence-corrected chi connectivity index (χ2v) is 14.4. The van der Waals surface area contributed by atoms with E-state index in [1.165, 1.54) is 22.3 Å². The van der Waals surface area contributed by atoms with Gasteiger partial charge in [0.25, 0.3) is 0 Å². The van der Waals surface area contributed by atoms with E-state index in [4.69, 9.17) is 9.98 Å². The highest BCUT2D eigenvalue weighted by Crippen LogP contribution is 2.38. The minimum Gasteiger partial charge on any atom is -0.248 e. The summed E-state index contributed by atoms with van der Waals surface area (Å²) in [5.41, 5.74) is 23.2. The number of hydrogen-bond acceptors (Lipinski definition) is 3. The Morgan fingerprint density at radius 1 is 0.396 bits per heavy atom. The van der Waals surface area contributed by atoms with Gasteiger partial charge in [-0.15, -0.1) is 0 Å². The van der Waals surface area contributed by atoms with Gasteiger partial charge in [-0.2, -0.15) is 0 Å². The Morgan fingerprint density at radius 3 is 1.15 bits per heavy atom. The first kappa shape index (κ1) is 31.1. The summed E-state index contributed by atoms with van der Waals surface area (Å²) in [5.74, 6) is 0. The molecule has 6 aromatic rings. The third-order valence-corrected chi connectivity index (χ3v) is 10.5. The minimum absolute atomic E-state index is 0.925. The number of allylic oxidation sites excluding steroid dienone is 4. The highest BCUT2D eigenvalue weighted by molar-refractivity contribution is 6.31. The summed E-state index contributed by atoms with van der Waals surface area (Å²) in [5, 5.41) is 2.02. The van der Waals surface area contributed by atoms with Gasteiger partial charge in [0.2, 0.25) is 0 Å². The van der Waals surface area contributed by atoms with E-state index in [1.807, 2.05) is 0 Å². The van der Waals surface area contributed by atoms with Crippen LogP contribution in [0.4, 0.5) is 0 Å². The van der Waals surface area contributed by atoms with E-state index in [0.29, 0.717) is 0 Å². The predicted octanol–water partition coefficient (Wildman–Crippen LogP) is 8.50. The van der Waals surface area contributed by atoms with Crippen LogP contribution in [0, 0.1) is 27.7 Å². The smallest absolute Gasteiger partial charge is 0.0746 e. The fourth-order valence-electron chi connectivity index (χ4n) is 8.16. The highest BCUT2D eigenvalue weighted by atomic mass is 15.7. The molecule has 0 saturated carbocycles. The van der Waals surface area contributed by atoms with E-state index in [9.17, 15) is 0 Å². The molecule has 0 spiro atoms. The van der Waals surface area contributed by atoms with Crippen LogP contribution < -0.4 is 16.2 Å². The largest absolute Gasteiger partial charge is 0.248 e. The first-order chi connectivity index (χ1) is 25.9. The van der Waals surface area contributed by atoms with E-state index >= 15 is 0 Å². The van der Waals surface area contributed by atoms with Crippen LogP contribution in [0.3, 0.4) is 0 Å². The maximum Gasteiger partial charge on any atom is 0.0746 e. The van der Waals surface area contributed by atoms with E-state index in [-0.39, 0.29) is 0 Å². The van der Waals surface area contributed by atoms with Crippen LogP contribution >= 0.6 is 0 Å². The van der Waals surface area contributed by atoms with E-state index in [1.54, 1.807) is 0 Å². The molecule has 4 aromatic carbocycles. The summed E-state index contributed by atoms with van der Waals surface area (Å²) in [4.78, 5) is 11.0. The lowest BCUT2D eigenvalue weighted by Gasteiger charge is -2.24. The molecule has 6 bridgehead atoms. The van der Waals surface area contributed by atoms with Crippen molar-refractivity contribution in [2.24, 2.45) is 9.98 Å². The number of benzene rings is 4. The summed E-state index contributed by atoms with van der Waals surface area (Å²) in [6, 6.07) is 43.9. The summed E-state index contributed by atoms with van der Waals surface area (Å²) in [6.07, 6.45) is 8.71. The van der Waals surface area contributed by atoms with Gasteiger partial charge in [-0.3, -0.25) is 0 Å². The molecule has 4 aliphatic heterocycles. The van der Waals surface area contributed by atoms with Crippen molar-refractivity contribution < 1.29 is 0 Å². The van der Waals surface area contributed by atoms with Gasteiger partial charge in [0.15, 0.2) is 0 Å². The monoisotopic (exact) mass is 683 g/mol. The Balaban J connectivity index is 1.43. The zero-order valence-electron chi connectivity index (χ0n) is 30.1. The topological polar surface area (TPSA) is 46.6 Å². The molecule has 0 radical (unpaired) electrons. The Bertz CT molecular complexity index is 2700. The maximum atomic E-state index is 5.48. The number of rotatable bonds is 4. The van der Waals surface area contributed by atoms with Gasteiger partial charge in [0, 0.05) is 22.3 Å². The Morgan fingerprint density at radius 2 is 0.774 bits per heavy atom. The number of nitrogens with zero attached hydrogens (tertiary/aromatic N) is 4. The van der Waals surface area contributed by atoms with Crippen LogP contribution in [0.25, 0.3) is 22.3 Å². The maximum absolute atomic E-state index is 5.48. The summed E-state index contributed by atoms with van der Waals surface area (Å²) in [7, 11) is 0. The van der Waals surface area contributed by atoms with E-state index in [0.717, 1.165) is 89.4 Å². The molecule has 10 rings (SSSR count). The lowest BCUT2D eigenvalue weighted by molar-refractivity contribution is 0.710.